The molecule has 0 spiro atoms. The van der Waals surface area contributed by atoms with Crippen LogP contribution in [0.2, 0.25) is 0 Å². The van der Waals surface area contributed by atoms with Crippen LogP contribution in [0.25, 0.3) is 0 Å². The fraction of sp³-hybridized carbons (Fsp3) is 0.696. The van der Waals surface area contributed by atoms with Crippen molar-refractivity contribution in [1.82, 2.24) is 15.2 Å². The molecule has 4 saturated carbocycles. The number of carbonyl (C=O) groups is 2. The van der Waals surface area contributed by atoms with Crippen molar-refractivity contribution in [2.45, 2.75) is 44.9 Å². The lowest BCUT2D eigenvalue weighted by atomic mass is 9.49. The molecule has 1 N–H and O–H groups in total. The first-order chi connectivity index (χ1) is 14.1. The highest BCUT2D eigenvalue weighted by molar-refractivity contribution is 5.85. The normalized spacial score (nSPS) is 33.0. The second-order valence-electron chi connectivity index (χ2n) is 9.94. The summed E-state index contributed by atoms with van der Waals surface area (Å²) in [5, 5.41) is 2.95. The molecule has 4 aliphatic carbocycles. The van der Waals surface area contributed by atoms with E-state index in [0.717, 1.165) is 36.5 Å². The van der Waals surface area contributed by atoms with E-state index in [1.54, 1.807) is 12.4 Å². The van der Waals surface area contributed by atoms with Crippen LogP contribution in [0.5, 0.6) is 0 Å². The Bertz CT molecular complexity index is 722. The third-order valence-electron chi connectivity index (χ3n) is 7.80. The van der Waals surface area contributed by atoms with Gasteiger partial charge in [-0.05, 0) is 73.8 Å². The Balaban J connectivity index is 1.08. The molecule has 1 aromatic rings. The number of hydrogen-bond acceptors (Lipinski definition) is 4. The first-order valence-corrected chi connectivity index (χ1v) is 11.3. The van der Waals surface area contributed by atoms with Crippen LogP contribution in [0, 0.1) is 23.2 Å². The zero-order valence-corrected chi connectivity index (χ0v) is 17.2. The van der Waals surface area contributed by atoms with E-state index >= 15 is 0 Å². The van der Waals surface area contributed by atoms with E-state index in [-0.39, 0.29) is 23.8 Å². The van der Waals surface area contributed by atoms with Crippen molar-refractivity contribution in [3.8, 4) is 0 Å². The van der Waals surface area contributed by atoms with Gasteiger partial charge in [0.2, 0.25) is 11.8 Å². The Morgan fingerprint density at radius 3 is 2.14 bits per heavy atom. The number of nitrogens with zero attached hydrogens (tertiary/aromatic N) is 3. The zero-order chi connectivity index (χ0) is 19.8. The zero-order valence-electron chi connectivity index (χ0n) is 17.2. The average Bonchev–Trinajstić information content (AvgIpc) is 2.71. The number of rotatable bonds is 5. The second kappa shape index (κ2) is 7.62. The SMILES string of the molecule is O=C(CC12CC3CC(CC(C3)C1)C2)NCC(=O)N1CCN(c2ccncc2)CC1. The quantitative estimate of drug-likeness (QED) is 0.830. The molecule has 6 nitrogen and oxygen atoms in total. The number of anilines is 1. The van der Waals surface area contributed by atoms with Gasteiger partial charge in [0.25, 0.3) is 0 Å². The van der Waals surface area contributed by atoms with E-state index in [0.29, 0.717) is 19.5 Å². The van der Waals surface area contributed by atoms with Crippen molar-refractivity contribution >= 4 is 17.5 Å². The highest BCUT2D eigenvalue weighted by Gasteiger charge is 2.51. The fourth-order valence-corrected chi connectivity index (χ4v) is 6.96. The van der Waals surface area contributed by atoms with Crippen LogP contribution >= 0.6 is 0 Å². The molecule has 1 aliphatic heterocycles. The number of nitrogens with one attached hydrogen (secondary N) is 1. The Kier molecular flexibility index (Phi) is 4.96. The third kappa shape index (κ3) is 3.99. The molecule has 2 amide bonds. The maximum Gasteiger partial charge on any atom is 0.242 e. The summed E-state index contributed by atoms with van der Waals surface area (Å²) in [6, 6.07) is 4.00. The van der Waals surface area contributed by atoms with Crippen molar-refractivity contribution < 1.29 is 9.59 Å². The van der Waals surface area contributed by atoms with E-state index in [1.807, 2.05) is 17.0 Å². The van der Waals surface area contributed by atoms with E-state index < -0.39 is 0 Å². The summed E-state index contributed by atoms with van der Waals surface area (Å²) in [7, 11) is 0. The maximum atomic E-state index is 12.7. The van der Waals surface area contributed by atoms with Gasteiger partial charge in [-0.2, -0.15) is 0 Å². The lowest BCUT2D eigenvalue weighted by Crippen LogP contribution is -2.52. The second-order valence-corrected chi connectivity index (χ2v) is 9.94. The molecule has 0 aromatic carbocycles. The number of carbonyl (C=O) groups excluding carboxylic acids is 2. The summed E-state index contributed by atoms with van der Waals surface area (Å²) < 4.78 is 0. The molecule has 6 heteroatoms. The minimum atomic E-state index is 0.0400. The molecule has 6 rings (SSSR count). The number of pyridine rings is 1. The van der Waals surface area contributed by atoms with Gasteiger partial charge in [-0.15, -0.1) is 0 Å². The smallest absolute Gasteiger partial charge is 0.242 e. The van der Waals surface area contributed by atoms with Gasteiger partial charge in [-0.25, -0.2) is 0 Å². The molecular formula is C23H32N4O2. The summed E-state index contributed by atoms with van der Waals surface area (Å²) >= 11 is 0. The fourth-order valence-electron chi connectivity index (χ4n) is 6.96. The Hall–Kier alpha value is -2.11. The van der Waals surface area contributed by atoms with Crippen LogP contribution in [-0.2, 0) is 9.59 Å². The molecule has 1 aromatic heterocycles. The summed E-state index contributed by atoms with van der Waals surface area (Å²) in [5.74, 6) is 2.68. The third-order valence-corrected chi connectivity index (χ3v) is 7.80. The number of hydrogen-bond donors (Lipinski definition) is 1. The van der Waals surface area contributed by atoms with Crippen molar-refractivity contribution in [2.24, 2.45) is 23.2 Å². The number of piperazine rings is 1. The van der Waals surface area contributed by atoms with Gasteiger partial charge >= 0.3 is 0 Å². The molecule has 156 valence electrons. The number of amides is 2. The van der Waals surface area contributed by atoms with Crippen LogP contribution in [-0.4, -0.2) is 54.4 Å². The molecule has 5 aliphatic rings. The van der Waals surface area contributed by atoms with Crippen molar-refractivity contribution in [2.75, 3.05) is 37.6 Å². The lowest BCUT2D eigenvalue weighted by molar-refractivity contribution is -0.135. The molecule has 5 fully saturated rings. The summed E-state index contributed by atoms with van der Waals surface area (Å²) in [5.41, 5.74) is 1.38. The molecular weight excluding hydrogens is 364 g/mol. The van der Waals surface area contributed by atoms with Crippen LogP contribution in [0.15, 0.2) is 24.5 Å². The average molecular weight is 397 g/mol. The van der Waals surface area contributed by atoms with Gasteiger partial charge in [0.05, 0.1) is 6.54 Å². The van der Waals surface area contributed by atoms with E-state index in [4.69, 9.17) is 0 Å². The topological polar surface area (TPSA) is 65.5 Å². The van der Waals surface area contributed by atoms with Gasteiger partial charge in [0.15, 0.2) is 0 Å². The van der Waals surface area contributed by atoms with Gasteiger partial charge in [-0.3, -0.25) is 14.6 Å². The first kappa shape index (κ1) is 18.9. The molecule has 0 atom stereocenters. The summed E-state index contributed by atoms with van der Waals surface area (Å²) in [6.45, 7) is 3.17. The van der Waals surface area contributed by atoms with E-state index in [1.165, 1.54) is 38.5 Å². The van der Waals surface area contributed by atoms with E-state index in [2.05, 4.69) is 15.2 Å². The van der Waals surface area contributed by atoms with Crippen LogP contribution in [0.3, 0.4) is 0 Å². The summed E-state index contributed by atoms with van der Waals surface area (Å²) in [4.78, 5) is 33.5. The number of aromatic nitrogens is 1. The van der Waals surface area contributed by atoms with E-state index in [9.17, 15) is 9.59 Å². The predicted molar refractivity (Wildman–Crippen MR) is 111 cm³/mol. The minimum absolute atomic E-state index is 0.0400. The highest BCUT2D eigenvalue weighted by atomic mass is 16.2. The van der Waals surface area contributed by atoms with Crippen LogP contribution in [0.1, 0.15) is 44.9 Å². The predicted octanol–water partition coefficient (Wildman–Crippen LogP) is 2.45. The van der Waals surface area contributed by atoms with Crippen molar-refractivity contribution in [3.05, 3.63) is 24.5 Å². The standard InChI is InChI=1S/C23H32N4O2/c28-21(15-23-12-17-9-18(13-23)11-19(10-17)14-23)25-16-22(29)27-7-5-26(6-8-27)20-1-3-24-4-2-20/h1-4,17-19H,5-16H2,(H,25,28). The lowest BCUT2D eigenvalue weighted by Gasteiger charge is -2.56. The van der Waals surface area contributed by atoms with Crippen LogP contribution < -0.4 is 10.2 Å². The Morgan fingerprint density at radius 1 is 0.966 bits per heavy atom. The minimum Gasteiger partial charge on any atom is -0.368 e. The monoisotopic (exact) mass is 396 g/mol. The first-order valence-electron chi connectivity index (χ1n) is 11.3. The van der Waals surface area contributed by atoms with Crippen LogP contribution in [0.4, 0.5) is 5.69 Å². The summed E-state index contributed by atoms with van der Waals surface area (Å²) in [6.07, 6.45) is 12.1. The molecule has 0 unspecified atom stereocenters. The molecule has 4 bridgehead atoms. The highest BCUT2D eigenvalue weighted by Crippen LogP contribution is 2.61. The Morgan fingerprint density at radius 2 is 1.55 bits per heavy atom. The van der Waals surface area contributed by atoms with Gasteiger partial charge in [0.1, 0.15) is 0 Å². The van der Waals surface area contributed by atoms with Crippen molar-refractivity contribution in [3.63, 3.8) is 0 Å². The van der Waals surface area contributed by atoms with Crippen molar-refractivity contribution in [1.29, 1.82) is 0 Å². The van der Waals surface area contributed by atoms with Gasteiger partial charge in [-0.1, -0.05) is 0 Å². The Labute approximate surface area is 173 Å². The molecule has 2 heterocycles. The molecule has 1 saturated heterocycles. The van der Waals surface area contributed by atoms with Gasteiger partial charge < -0.3 is 15.1 Å². The molecule has 29 heavy (non-hydrogen) atoms. The maximum absolute atomic E-state index is 12.7. The molecule has 0 radical (unpaired) electrons. The largest absolute Gasteiger partial charge is 0.368 e. The van der Waals surface area contributed by atoms with Gasteiger partial charge in [0, 0.05) is 50.7 Å².